The first kappa shape index (κ1) is 31.2. The van der Waals surface area contributed by atoms with Gasteiger partial charge in [0.05, 0.1) is 0 Å². The number of hydrogen-bond donors (Lipinski definition) is 2. The third kappa shape index (κ3) is 6.95. The second-order valence-electron chi connectivity index (χ2n) is 13.0. The normalized spacial score (nSPS) is 20.6. The molecule has 242 valence electrons. The van der Waals surface area contributed by atoms with Crippen LogP contribution < -0.4 is 20.9 Å². The second-order valence-corrected chi connectivity index (χ2v) is 13.9. The van der Waals surface area contributed by atoms with Crippen LogP contribution >= 0.6 is 11.9 Å². The van der Waals surface area contributed by atoms with Crippen molar-refractivity contribution in [1.29, 1.82) is 0 Å². The predicted molar refractivity (Wildman–Crippen MR) is 188 cm³/mol. The molecule has 10 heteroatoms. The molecule has 0 bridgehead atoms. The Kier molecular flexibility index (Phi) is 9.58. The average molecular weight is 640 g/mol. The SMILES string of the molecule is CSN1CCC(c2ccc(-c3cc4cnc(Nc5ccc(OC6CCCN(C)C6)cc5)nc4n(C4CCNCC4)c3=O)cc2)CC1. The summed E-state index contributed by atoms with van der Waals surface area (Å²) in [5.74, 6) is 1.91. The van der Waals surface area contributed by atoms with Crippen LogP contribution in [0.15, 0.2) is 65.6 Å². The number of rotatable bonds is 8. The van der Waals surface area contributed by atoms with Gasteiger partial charge in [0, 0.05) is 48.5 Å². The molecular weight excluding hydrogens is 595 g/mol. The van der Waals surface area contributed by atoms with Gasteiger partial charge >= 0.3 is 0 Å². The van der Waals surface area contributed by atoms with E-state index in [2.05, 4.69) is 62.4 Å². The van der Waals surface area contributed by atoms with Crippen molar-refractivity contribution in [3.63, 3.8) is 0 Å². The van der Waals surface area contributed by atoms with Gasteiger partial charge in [0.1, 0.15) is 17.5 Å². The molecule has 2 aromatic carbocycles. The lowest BCUT2D eigenvalue weighted by Gasteiger charge is -2.30. The van der Waals surface area contributed by atoms with E-state index in [1.807, 2.05) is 53.0 Å². The topological polar surface area (TPSA) is 87.6 Å². The van der Waals surface area contributed by atoms with Crippen LogP contribution in [-0.2, 0) is 0 Å². The van der Waals surface area contributed by atoms with E-state index in [1.165, 1.54) is 18.4 Å². The fraction of sp³-hybridized carbons (Fsp3) is 0.472. The van der Waals surface area contributed by atoms with Gasteiger partial charge in [-0.25, -0.2) is 4.98 Å². The van der Waals surface area contributed by atoms with E-state index in [-0.39, 0.29) is 17.7 Å². The van der Waals surface area contributed by atoms with Gasteiger partial charge in [0.2, 0.25) is 5.95 Å². The lowest BCUT2D eigenvalue weighted by atomic mass is 9.89. The van der Waals surface area contributed by atoms with E-state index in [9.17, 15) is 4.79 Å². The Morgan fingerprint density at radius 3 is 2.43 bits per heavy atom. The molecule has 1 atom stereocenters. The fourth-order valence-electron chi connectivity index (χ4n) is 7.25. The van der Waals surface area contributed by atoms with E-state index in [0.29, 0.717) is 23.1 Å². The molecule has 0 radical (unpaired) electrons. The molecule has 46 heavy (non-hydrogen) atoms. The molecule has 4 aromatic rings. The first-order valence-corrected chi connectivity index (χ1v) is 18.0. The summed E-state index contributed by atoms with van der Waals surface area (Å²) in [5, 5.41) is 7.67. The zero-order valence-corrected chi connectivity index (χ0v) is 27.8. The van der Waals surface area contributed by atoms with Crippen molar-refractivity contribution < 1.29 is 4.74 Å². The summed E-state index contributed by atoms with van der Waals surface area (Å²) in [5.41, 5.74) is 4.59. The lowest BCUT2D eigenvalue weighted by Crippen LogP contribution is -2.38. The van der Waals surface area contributed by atoms with E-state index >= 15 is 0 Å². The Morgan fingerprint density at radius 1 is 0.957 bits per heavy atom. The van der Waals surface area contributed by atoms with Crippen molar-refractivity contribution in [1.82, 2.24) is 29.1 Å². The Bertz CT molecular complexity index is 1680. The van der Waals surface area contributed by atoms with Crippen LogP contribution in [0.25, 0.3) is 22.2 Å². The van der Waals surface area contributed by atoms with Gasteiger partial charge in [0.15, 0.2) is 0 Å². The number of nitrogens with zero attached hydrogens (tertiary/aromatic N) is 5. The van der Waals surface area contributed by atoms with Gasteiger partial charge in [-0.15, -0.1) is 0 Å². The van der Waals surface area contributed by atoms with Gasteiger partial charge in [0.25, 0.3) is 5.56 Å². The largest absolute Gasteiger partial charge is 0.489 e. The van der Waals surface area contributed by atoms with E-state index in [1.54, 1.807) is 0 Å². The maximum Gasteiger partial charge on any atom is 0.260 e. The van der Waals surface area contributed by atoms with E-state index in [0.717, 1.165) is 87.3 Å². The highest BCUT2D eigenvalue weighted by Crippen LogP contribution is 2.32. The molecule has 1 unspecified atom stereocenters. The standard InChI is InChI=1S/C36H45N7O2S/c1-41-19-3-4-32(24-41)45-31-11-9-29(10-12-31)39-36-38-23-28-22-33(35(44)43(34(28)40-36)30-13-17-37-18-14-30)27-7-5-25(6-8-27)26-15-20-42(46-2)21-16-26/h5-12,22-23,26,30,32,37H,3-4,13-21,24H2,1-2H3,(H,38,39,40). The Hall–Kier alpha value is -3.44. The maximum atomic E-state index is 14.3. The zero-order valence-electron chi connectivity index (χ0n) is 27.0. The Morgan fingerprint density at radius 2 is 1.72 bits per heavy atom. The number of benzene rings is 2. The molecule has 3 aliphatic heterocycles. The lowest BCUT2D eigenvalue weighted by molar-refractivity contribution is 0.104. The van der Waals surface area contributed by atoms with Crippen LogP contribution in [0.5, 0.6) is 5.75 Å². The van der Waals surface area contributed by atoms with E-state index < -0.39 is 0 Å². The summed E-state index contributed by atoms with van der Waals surface area (Å²) >= 11 is 1.84. The molecular formula is C36H45N7O2S. The van der Waals surface area contributed by atoms with Crippen molar-refractivity contribution in [2.45, 2.75) is 56.6 Å². The minimum Gasteiger partial charge on any atom is -0.489 e. The van der Waals surface area contributed by atoms with Gasteiger partial charge < -0.3 is 20.3 Å². The highest BCUT2D eigenvalue weighted by Gasteiger charge is 2.24. The minimum absolute atomic E-state index is 0.0138. The quantitative estimate of drug-likeness (QED) is 0.224. The average Bonchev–Trinajstić information content (AvgIpc) is 3.09. The number of piperidine rings is 3. The fourth-order valence-corrected chi connectivity index (χ4v) is 7.83. The van der Waals surface area contributed by atoms with E-state index in [4.69, 9.17) is 9.72 Å². The molecule has 9 nitrogen and oxygen atoms in total. The van der Waals surface area contributed by atoms with Gasteiger partial charge in [-0.3, -0.25) is 13.7 Å². The van der Waals surface area contributed by atoms with Crippen molar-refractivity contribution in [3.8, 4) is 16.9 Å². The molecule has 3 saturated heterocycles. The van der Waals surface area contributed by atoms with Gasteiger partial charge in [-0.2, -0.15) is 4.98 Å². The Balaban J connectivity index is 1.14. The number of hydrogen-bond acceptors (Lipinski definition) is 9. The smallest absolute Gasteiger partial charge is 0.260 e. The molecule has 0 spiro atoms. The summed E-state index contributed by atoms with van der Waals surface area (Å²) < 4.78 is 10.6. The molecule has 2 aromatic heterocycles. The van der Waals surface area contributed by atoms with Crippen molar-refractivity contribution in [2.75, 3.05) is 57.9 Å². The highest BCUT2D eigenvalue weighted by atomic mass is 32.2. The molecule has 0 amide bonds. The predicted octanol–water partition coefficient (Wildman–Crippen LogP) is 6.06. The minimum atomic E-state index is 0.0138. The molecule has 0 aliphatic carbocycles. The summed E-state index contributed by atoms with van der Waals surface area (Å²) in [6.45, 7) is 6.09. The summed E-state index contributed by atoms with van der Waals surface area (Å²) in [6, 6.07) is 18.7. The molecule has 7 rings (SSSR count). The Labute approximate surface area is 275 Å². The number of aromatic nitrogens is 3. The summed E-state index contributed by atoms with van der Waals surface area (Å²) in [7, 11) is 2.14. The van der Waals surface area contributed by atoms with Gasteiger partial charge in [-0.1, -0.05) is 36.2 Å². The zero-order chi connectivity index (χ0) is 31.5. The maximum absolute atomic E-state index is 14.3. The van der Waals surface area contributed by atoms with Crippen LogP contribution in [-0.4, -0.2) is 82.4 Å². The second kappa shape index (κ2) is 14.1. The molecule has 3 aliphatic rings. The number of anilines is 2. The van der Waals surface area contributed by atoms with Crippen LogP contribution in [0.3, 0.4) is 0 Å². The molecule has 2 N–H and O–H groups in total. The van der Waals surface area contributed by atoms with Crippen molar-refractivity contribution in [3.05, 3.63) is 76.7 Å². The first-order chi connectivity index (χ1) is 22.5. The highest BCUT2D eigenvalue weighted by molar-refractivity contribution is 7.96. The summed E-state index contributed by atoms with van der Waals surface area (Å²) in [6.07, 6.45) is 10.6. The van der Waals surface area contributed by atoms with Crippen LogP contribution in [0, 0.1) is 0 Å². The third-order valence-corrected chi connectivity index (χ3v) is 10.7. The number of ether oxygens (including phenoxy) is 1. The number of nitrogens with one attached hydrogen (secondary N) is 2. The molecule has 0 saturated carbocycles. The number of likely N-dealkylation sites (tertiary alicyclic amines) is 1. The van der Waals surface area contributed by atoms with Crippen LogP contribution in [0.4, 0.5) is 11.6 Å². The number of likely N-dealkylation sites (N-methyl/N-ethyl adjacent to an activating group) is 1. The van der Waals surface area contributed by atoms with Crippen molar-refractivity contribution in [2.24, 2.45) is 0 Å². The summed E-state index contributed by atoms with van der Waals surface area (Å²) in [4.78, 5) is 26.2. The first-order valence-electron chi connectivity index (χ1n) is 16.8. The van der Waals surface area contributed by atoms with Crippen LogP contribution in [0.2, 0.25) is 0 Å². The number of fused-ring (bicyclic) bond motifs is 1. The third-order valence-electron chi connectivity index (χ3n) is 9.85. The van der Waals surface area contributed by atoms with Crippen LogP contribution in [0.1, 0.15) is 56.0 Å². The number of pyridine rings is 1. The molecule has 5 heterocycles. The monoisotopic (exact) mass is 639 g/mol. The van der Waals surface area contributed by atoms with Crippen molar-refractivity contribution >= 4 is 34.6 Å². The van der Waals surface area contributed by atoms with Gasteiger partial charge in [-0.05, 0) is 119 Å². The molecule has 3 fully saturated rings.